The first kappa shape index (κ1) is 25.9. The molecule has 4 unspecified atom stereocenters. The van der Waals surface area contributed by atoms with Crippen molar-refractivity contribution in [2.45, 2.75) is 24.4 Å². The zero-order valence-corrected chi connectivity index (χ0v) is 20.6. The zero-order chi connectivity index (χ0) is 26.6. The molecule has 10 heteroatoms. The normalized spacial score (nSPS) is 24.3. The molecule has 0 saturated carbocycles. The number of benzene rings is 2. The van der Waals surface area contributed by atoms with Crippen molar-refractivity contribution in [3.8, 4) is 17.4 Å². The van der Waals surface area contributed by atoms with E-state index in [0.29, 0.717) is 11.5 Å². The van der Waals surface area contributed by atoms with Gasteiger partial charge in [0.05, 0.1) is 19.8 Å². The number of aliphatic hydroxyl groups excluding tert-OH is 3. The fraction of sp³-hybridized carbons (Fsp3) is 0.357. The molecule has 2 fully saturated rings. The number of nitrogens with zero attached hydrogens (tertiary/aromatic N) is 2. The van der Waals surface area contributed by atoms with E-state index in [-0.39, 0.29) is 18.7 Å². The molecule has 0 spiro atoms. The number of ether oxygens (including phenoxy) is 2. The van der Waals surface area contributed by atoms with Crippen LogP contribution in [0.2, 0.25) is 0 Å². The van der Waals surface area contributed by atoms with Gasteiger partial charge >= 0.3 is 0 Å². The Kier molecular flexibility index (Phi) is 7.74. The Labute approximate surface area is 219 Å². The number of hydrogen-bond acceptors (Lipinski definition) is 9. The zero-order valence-electron chi connectivity index (χ0n) is 20.6. The van der Waals surface area contributed by atoms with Crippen LogP contribution in [0.3, 0.4) is 0 Å². The number of rotatable bonds is 6. The minimum absolute atomic E-state index is 0.142. The Balaban J connectivity index is 1.26. The van der Waals surface area contributed by atoms with Gasteiger partial charge in [-0.2, -0.15) is 5.26 Å². The number of amides is 1. The molecule has 3 heterocycles. The fourth-order valence-corrected chi connectivity index (χ4v) is 4.62. The average molecular weight is 520 g/mol. The first-order chi connectivity index (χ1) is 18.4. The number of carbonyl (C=O) groups is 1. The van der Waals surface area contributed by atoms with E-state index >= 15 is 0 Å². The van der Waals surface area contributed by atoms with Crippen molar-refractivity contribution in [3.63, 3.8) is 0 Å². The largest absolute Gasteiger partial charge is 0.457 e. The molecule has 2 aliphatic rings. The van der Waals surface area contributed by atoms with Gasteiger partial charge in [-0.05, 0) is 41.1 Å². The van der Waals surface area contributed by atoms with Gasteiger partial charge in [-0.25, -0.2) is 0 Å². The summed E-state index contributed by atoms with van der Waals surface area (Å²) in [6.45, 7) is 2.90. The molecule has 0 radical (unpaired) electrons. The van der Waals surface area contributed by atoms with Gasteiger partial charge in [-0.3, -0.25) is 4.79 Å². The number of furan rings is 1. The third-order valence-electron chi connectivity index (χ3n) is 6.83. The lowest BCUT2D eigenvalue weighted by Crippen LogP contribution is -2.56. The minimum atomic E-state index is -1.37. The van der Waals surface area contributed by atoms with Gasteiger partial charge in [0.2, 0.25) is 0 Å². The number of hydrogen-bond donors (Lipinski definition) is 4. The third kappa shape index (κ3) is 5.57. The summed E-state index contributed by atoms with van der Waals surface area (Å²) in [7, 11) is 0. The van der Waals surface area contributed by atoms with Crippen molar-refractivity contribution in [1.29, 1.82) is 5.26 Å². The lowest BCUT2D eigenvalue weighted by atomic mass is 10.00. The maximum Gasteiger partial charge on any atom is 0.262 e. The number of anilines is 1. The lowest BCUT2D eigenvalue weighted by molar-refractivity contribution is -0.185. The van der Waals surface area contributed by atoms with Crippen LogP contribution in [-0.2, 0) is 14.3 Å². The molecule has 10 nitrogen and oxygen atoms in total. The van der Waals surface area contributed by atoms with Gasteiger partial charge in [0.1, 0.15) is 47.6 Å². The second-order valence-electron chi connectivity index (χ2n) is 9.35. The Hall–Kier alpha value is -3.72. The van der Waals surface area contributed by atoms with Gasteiger partial charge in [0.25, 0.3) is 5.91 Å². The topological polar surface area (TPSA) is 148 Å². The predicted octanol–water partition coefficient (Wildman–Crippen LogP) is 1.44. The number of nitrogens with one attached hydrogen (secondary N) is 1. The molecule has 3 aromatic rings. The standard InChI is InChI=1S/C28H29N3O7/c29-14-20(28(35)30-15-25-27(34)26(33)23(32)16-37-25)13-22-5-6-24(38-22)19-2-1-18-12-21(4-3-17(18)11-19)31-7-9-36-10-8-31/h1-6,11-13,23,25-27,32-34H,7-10,15-16H2,(H,30,35). The highest BCUT2D eigenvalue weighted by atomic mass is 16.5. The molecular weight excluding hydrogens is 490 g/mol. The van der Waals surface area contributed by atoms with Crippen LogP contribution in [0, 0.1) is 11.3 Å². The lowest BCUT2D eigenvalue weighted by Gasteiger charge is -2.35. The Morgan fingerprint density at radius 2 is 1.82 bits per heavy atom. The highest BCUT2D eigenvalue weighted by Gasteiger charge is 2.37. The van der Waals surface area contributed by atoms with E-state index < -0.39 is 30.3 Å². The second kappa shape index (κ2) is 11.3. The van der Waals surface area contributed by atoms with Gasteiger partial charge in [-0.1, -0.05) is 18.2 Å². The SMILES string of the molecule is N#CC(=Cc1ccc(-c2ccc3cc(N4CCOCC4)ccc3c2)o1)C(=O)NCC1OCC(O)C(O)C1O. The maximum atomic E-state index is 12.5. The van der Waals surface area contributed by atoms with Crippen LogP contribution in [0.1, 0.15) is 5.76 Å². The Morgan fingerprint density at radius 1 is 1.05 bits per heavy atom. The van der Waals surface area contributed by atoms with Crippen molar-refractivity contribution < 1.29 is 34.0 Å². The van der Waals surface area contributed by atoms with Gasteiger partial charge in [-0.15, -0.1) is 0 Å². The Morgan fingerprint density at radius 3 is 2.61 bits per heavy atom. The van der Waals surface area contributed by atoms with Gasteiger partial charge in [0.15, 0.2) is 0 Å². The number of nitriles is 1. The molecule has 38 heavy (non-hydrogen) atoms. The van der Waals surface area contributed by atoms with Crippen molar-refractivity contribution in [2.75, 3.05) is 44.4 Å². The van der Waals surface area contributed by atoms with E-state index in [1.807, 2.05) is 24.3 Å². The Bertz CT molecular complexity index is 1370. The third-order valence-corrected chi connectivity index (χ3v) is 6.83. The quantitative estimate of drug-likeness (QED) is 0.280. The van der Waals surface area contributed by atoms with Crippen molar-refractivity contribution in [2.24, 2.45) is 0 Å². The molecule has 2 aliphatic heterocycles. The summed E-state index contributed by atoms with van der Waals surface area (Å²) in [5.74, 6) is 0.255. The molecule has 5 rings (SSSR count). The van der Waals surface area contributed by atoms with Gasteiger partial charge in [0, 0.05) is 37.0 Å². The van der Waals surface area contributed by atoms with Crippen molar-refractivity contribution in [3.05, 3.63) is 59.9 Å². The van der Waals surface area contributed by atoms with Gasteiger partial charge < -0.3 is 39.4 Å². The summed E-state index contributed by atoms with van der Waals surface area (Å²) in [5.41, 5.74) is 1.84. The highest BCUT2D eigenvalue weighted by Crippen LogP contribution is 2.29. The molecular formula is C28H29N3O7. The summed E-state index contributed by atoms with van der Waals surface area (Å²) in [5, 5.41) is 43.5. The summed E-state index contributed by atoms with van der Waals surface area (Å²) < 4.78 is 16.6. The molecule has 2 saturated heterocycles. The number of carbonyl (C=O) groups excluding carboxylic acids is 1. The number of aliphatic hydroxyl groups is 3. The van der Waals surface area contributed by atoms with E-state index in [9.17, 15) is 25.4 Å². The minimum Gasteiger partial charge on any atom is -0.457 e. The summed E-state index contributed by atoms with van der Waals surface area (Å²) in [6.07, 6.45) is -3.51. The number of fused-ring (bicyclic) bond motifs is 1. The summed E-state index contributed by atoms with van der Waals surface area (Å²) in [6, 6.07) is 17.7. The smallest absolute Gasteiger partial charge is 0.262 e. The van der Waals surface area contributed by atoms with Crippen LogP contribution >= 0.6 is 0 Å². The average Bonchev–Trinajstić information content (AvgIpc) is 3.42. The molecule has 198 valence electrons. The fourth-order valence-electron chi connectivity index (χ4n) is 4.62. The highest BCUT2D eigenvalue weighted by molar-refractivity contribution is 6.01. The van der Waals surface area contributed by atoms with Crippen molar-refractivity contribution >= 4 is 28.4 Å². The maximum absolute atomic E-state index is 12.5. The van der Waals surface area contributed by atoms with Crippen LogP contribution in [0.25, 0.3) is 28.2 Å². The van der Waals surface area contributed by atoms with E-state index in [1.165, 1.54) is 11.8 Å². The summed E-state index contributed by atoms with van der Waals surface area (Å²) >= 11 is 0. The van der Waals surface area contributed by atoms with E-state index in [0.717, 1.165) is 42.6 Å². The molecule has 1 amide bonds. The predicted molar refractivity (Wildman–Crippen MR) is 139 cm³/mol. The van der Waals surface area contributed by atoms with E-state index in [4.69, 9.17) is 13.9 Å². The van der Waals surface area contributed by atoms with E-state index in [1.54, 1.807) is 12.1 Å². The van der Waals surface area contributed by atoms with Crippen LogP contribution in [-0.4, -0.2) is 85.1 Å². The van der Waals surface area contributed by atoms with Crippen LogP contribution in [0.4, 0.5) is 5.69 Å². The monoisotopic (exact) mass is 519 g/mol. The second-order valence-corrected chi connectivity index (χ2v) is 9.35. The molecule has 2 aromatic carbocycles. The van der Waals surface area contributed by atoms with Crippen LogP contribution in [0.15, 0.2) is 58.5 Å². The molecule has 4 atom stereocenters. The molecule has 0 aliphatic carbocycles. The first-order valence-electron chi connectivity index (χ1n) is 12.5. The molecule has 0 bridgehead atoms. The molecule has 4 N–H and O–H groups in total. The van der Waals surface area contributed by atoms with Crippen molar-refractivity contribution in [1.82, 2.24) is 5.32 Å². The van der Waals surface area contributed by atoms with E-state index in [2.05, 4.69) is 28.4 Å². The summed E-state index contributed by atoms with van der Waals surface area (Å²) in [4.78, 5) is 14.8. The number of morpholine rings is 1. The van der Waals surface area contributed by atoms with Crippen LogP contribution < -0.4 is 10.2 Å². The van der Waals surface area contributed by atoms with Crippen LogP contribution in [0.5, 0.6) is 0 Å². The molecule has 1 aromatic heterocycles. The first-order valence-corrected chi connectivity index (χ1v) is 12.5.